The summed E-state index contributed by atoms with van der Waals surface area (Å²) in [7, 11) is 0. The van der Waals surface area contributed by atoms with E-state index >= 15 is 0 Å². The van der Waals surface area contributed by atoms with E-state index in [9.17, 15) is 10.1 Å². The third kappa shape index (κ3) is 5.10. The van der Waals surface area contributed by atoms with Crippen molar-refractivity contribution in [1.82, 2.24) is 4.90 Å². The first-order valence-corrected chi connectivity index (χ1v) is 10.1. The van der Waals surface area contributed by atoms with Gasteiger partial charge in [-0.2, -0.15) is 0 Å². The molecule has 1 aliphatic heterocycles. The highest BCUT2D eigenvalue weighted by atomic mass is 16.6. The summed E-state index contributed by atoms with van der Waals surface area (Å²) in [6.45, 7) is 5.13. The Hall–Kier alpha value is -3.51. The first-order chi connectivity index (χ1) is 14.7. The summed E-state index contributed by atoms with van der Waals surface area (Å²) in [6, 6.07) is 25.2. The van der Waals surface area contributed by atoms with E-state index in [2.05, 4.69) is 57.3 Å². The van der Waals surface area contributed by atoms with Gasteiger partial charge in [0.15, 0.2) is 0 Å². The lowest BCUT2D eigenvalue weighted by atomic mass is 10.2. The second-order valence-electron chi connectivity index (χ2n) is 7.37. The molecule has 1 aliphatic rings. The van der Waals surface area contributed by atoms with Crippen molar-refractivity contribution in [2.24, 2.45) is 4.99 Å². The monoisotopic (exact) mass is 400 g/mol. The SMILES string of the molecule is O=[N+]([O-])c1ccc(C=Nc2ccc(N3CCN(Cc4ccccc4)CC3)cc2)cc1. The fourth-order valence-corrected chi connectivity index (χ4v) is 3.59. The van der Waals surface area contributed by atoms with E-state index in [-0.39, 0.29) is 5.69 Å². The molecule has 4 rings (SSSR count). The molecule has 0 spiro atoms. The molecular formula is C24H24N4O2. The van der Waals surface area contributed by atoms with E-state index in [1.807, 2.05) is 12.1 Å². The summed E-state index contributed by atoms with van der Waals surface area (Å²) >= 11 is 0. The molecule has 3 aromatic rings. The summed E-state index contributed by atoms with van der Waals surface area (Å²) < 4.78 is 0. The molecule has 1 saturated heterocycles. The van der Waals surface area contributed by atoms with Crippen LogP contribution in [0.1, 0.15) is 11.1 Å². The van der Waals surface area contributed by atoms with E-state index in [1.54, 1.807) is 18.3 Å². The van der Waals surface area contributed by atoms with Crippen molar-refractivity contribution in [3.63, 3.8) is 0 Å². The van der Waals surface area contributed by atoms with Crippen LogP contribution in [0.2, 0.25) is 0 Å². The molecule has 0 aliphatic carbocycles. The van der Waals surface area contributed by atoms with Crippen LogP contribution in [0.5, 0.6) is 0 Å². The molecule has 0 unspecified atom stereocenters. The van der Waals surface area contributed by atoms with Crippen LogP contribution in [0.4, 0.5) is 17.1 Å². The summed E-state index contributed by atoms with van der Waals surface area (Å²) in [6.07, 6.45) is 1.72. The lowest BCUT2D eigenvalue weighted by molar-refractivity contribution is -0.384. The Labute approximate surface area is 176 Å². The minimum atomic E-state index is -0.402. The molecule has 1 fully saturated rings. The lowest BCUT2D eigenvalue weighted by Crippen LogP contribution is -2.45. The van der Waals surface area contributed by atoms with Gasteiger partial charge in [0.2, 0.25) is 0 Å². The molecule has 30 heavy (non-hydrogen) atoms. The number of nitrogens with zero attached hydrogens (tertiary/aromatic N) is 4. The Kier molecular flexibility index (Phi) is 6.15. The van der Waals surface area contributed by atoms with Crippen molar-refractivity contribution in [2.45, 2.75) is 6.54 Å². The second kappa shape index (κ2) is 9.33. The minimum Gasteiger partial charge on any atom is -0.369 e. The summed E-state index contributed by atoms with van der Waals surface area (Å²) in [5.41, 5.74) is 4.35. The maximum atomic E-state index is 10.7. The largest absolute Gasteiger partial charge is 0.369 e. The zero-order valence-electron chi connectivity index (χ0n) is 16.7. The zero-order chi connectivity index (χ0) is 20.8. The molecule has 3 aromatic carbocycles. The smallest absolute Gasteiger partial charge is 0.269 e. The van der Waals surface area contributed by atoms with Gasteiger partial charge in [0, 0.05) is 56.8 Å². The molecule has 0 bridgehead atoms. The highest BCUT2D eigenvalue weighted by molar-refractivity contribution is 5.82. The fraction of sp³-hybridized carbons (Fsp3) is 0.208. The lowest BCUT2D eigenvalue weighted by Gasteiger charge is -2.36. The summed E-state index contributed by atoms with van der Waals surface area (Å²) in [5.74, 6) is 0. The first kappa shape index (κ1) is 19.8. The van der Waals surface area contributed by atoms with Crippen molar-refractivity contribution < 1.29 is 4.92 Å². The van der Waals surface area contributed by atoms with Crippen LogP contribution in [0.25, 0.3) is 0 Å². The van der Waals surface area contributed by atoms with Crippen LogP contribution >= 0.6 is 0 Å². The Balaban J connectivity index is 1.31. The van der Waals surface area contributed by atoms with E-state index in [0.717, 1.165) is 44.0 Å². The number of nitro benzene ring substituents is 1. The summed E-state index contributed by atoms with van der Waals surface area (Å²) in [5, 5.41) is 10.7. The molecule has 0 saturated carbocycles. The molecule has 1 heterocycles. The third-order valence-corrected chi connectivity index (χ3v) is 5.30. The number of nitro groups is 1. The average Bonchev–Trinajstić information content (AvgIpc) is 2.79. The van der Waals surface area contributed by atoms with Gasteiger partial charge in [-0.3, -0.25) is 20.0 Å². The zero-order valence-corrected chi connectivity index (χ0v) is 16.7. The normalized spacial score (nSPS) is 14.9. The van der Waals surface area contributed by atoms with Gasteiger partial charge >= 0.3 is 0 Å². The van der Waals surface area contributed by atoms with Crippen molar-refractivity contribution in [2.75, 3.05) is 31.1 Å². The predicted molar refractivity (Wildman–Crippen MR) is 121 cm³/mol. The molecule has 0 radical (unpaired) electrons. The van der Waals surface area contributed by atoms with Crippen LogP contribution in [0.15, 0.2) is 83.9 Å². The number of non-ortho nitro benzene ring substituents is 1. The molecule has 0 N–H and O–H groups in total. The Morgan fingerprint density at radius 1 is 0.867 bits per heavy atom. The van der Waals surface area contributed by atoms with Gasteiger partial charge in [-0.25, -0.2) is 0 Å². The van der Waals surface area contributed by atoms with Crippen LogP contribution in [0.3, 0.4) is 0 Å². The van der Waals surface area contributed by atoms with Crippen molar-refractivity contribution in [1.29, 1.82) is 0 Å². The van der Waals surface area contributed by atoms with Crippen LogP contribution in [-0.2, 0) is 6.54 Å². The second-order valence-corrected chi connectivity index (χ2v) is 7.37. The first-order valence-electron chi connectivity index (χ1n) is 10.1. The van der Waals surface area contributed by atoms with E-state index < -0.39 is 4.92 Å². The molecule has 0 amide bonds. The van der Waals surface area contributed by atoms with Crippen LogP contribution in [0, 0.1) is 10.1 Å². The van der Waals surface area contributed by atoms with Gasteiger partial charge in [0.05, 0.1) is 10.6 Å². The van der Waals surface area contributed by atoms with E-state index in [1.165, 1.54) is 23.4 Å². The third-order valence-electron chi connectivity index (χ3n) is 5.30. The molecule has 152 valence electrons. The molecule has 6 nitrogen and oxygen atoms in total. The highest BCUT2D eigenvalue weighted by Crippen LogP contribution is 2.22. The molecule has 6 heteroatoms. The number of hydrogen-bond acceptors (Lipinski definition) is 5. The van der Waals surface area contributed by atoms with E-state index in [0.29, 0.717) is 0 Å². The summed E-state index contributed by atoms with van der Waals surface area (Å²) in [4.78, 5) is 19.7. The number of anilines is 1. The van der Waals surface area contributed by atoms with Crippen LogP contribution in [-0.4, -0.2) is 42.2 Å². The predicted octanol–water partition coefficient (Wildman–Crippen LogP) is 4.67. The van der Waals surface area contributed by atoms with Gasteiger partial charge in [-0.15, -0.1) is 0 Å². The maximum Gasteiger partial charge on any atom is 0.269 e. The maximum absolute atomic E-state index is 10.7. The standard InChI is InChI=1S/C24H24N4O2/c29-28(30)24-10-6-20(7-11-24)18-25-22-8-12-23(13-9-22)27-16-14-26(15-17-27)19-21-4-2-1-3-5-21/h1-13,18H,14-17,19H2. The quantitative estimate of drug-likeness (QED) is 0.343. The number of benzene rings is 3. The van der Waals surface area contributed by atoms with E-state index in [4.69, 9.17) is 0 Å². The Morgan fingerprint density at radius 2 is 1.53 bits per heavy atom. The fourth-order valence-electron chi connectivity index (χ4n) is 3.59. The Morgan fingerprint density at radius 3 is 2.17 bits per heavy atom. The number of piperazine rings is 1. The molecule has 0 aromatic heterocycles. The Bertz CT molecular complexity index is 994. The number of hydrogen-bond donors (Lipinski definition) is 0. The number of rotatable bonds is 6. The van der Waals surface area contributed by atoms with Gasteiger partial charge in [-0.1, -0.05) is 30.3 Å². The average molecular weight is 400 g/mol. The van der Waals surface area contributed by atoms with Crippen LogP contribution < -0.4 is 4.90 Å². The van der Waals surface area contributed by atoms with Gasteiger partial charge in [-0.05, 0) is 47.5 Å². The van der Waals surface area contributed by atoms with Crippen molar-refractivity contribution in [3.8, 4) is 0 Å². The van der Waals surface area contributed by atoms with Crippen molar-refractivity contribution >= 4 is 23.3 Å². The topological polar surface area (TPSA) is 62.0 Å². The van der Waals surface area contributed by atoms with Gasteiger partial charge < -0.3 is 4.90 Å². The minimum absolute atomic E-state index is 0.0837. The van der Waals surface area contributed by atoms with Gasteiger partial charge in [0.25, 0.3) is 5.69 Å². The molecular weight excluding hydrogens is 376 g/mol. The van der Waals surface area contributed by atoms with Crippen molar-refractivity contribution in [3.05, 3.63) is 100 Å². The highest BCUT2D eigenvalue weighted by Gasteiger charge is 2.17. The molecule has 0 atom stereocenters. The van der Waals surface area contributed by atoms with Gasteiger partial charge in [0.1, 0.15) is 0 Å². The number of aliphatic imine (C=N–C) groups is 1.